The molecule has 4 amide bonds. The number of amides is 4. The van der Waals surface area contributed by atoms with Crippen LogP contribution in [0.1, 0.15) is 47.3 Å². The van der Waals surface area contributed by atoms with Crippen molar-refractivity contribution in [3.63, 3.8) is 0 Å². The van der Waals surface area contributed by atoms with Gasteiger partial charge >= 0.3 is 6.03 Å². The number of nitrogen functional groups attached to an aromatic ring is 1. The van der Waals surface area contributed by atoms with E-state index in [0.29, 0.717) is 28.6 Å². The molecule has 5 rings (SSSR count). The predicted molar refractivity (Wildman–Crippen MR) is 169 cm³/mol. The second kappa shape index (κ2) is 12.5. The van der Waals surface area contributed by atoms with Crippen LogP contribution < -0.4 is 11.1 Å². The number of nitrogens with zero attached hydrogens (tertiary/aromatic N) is 5. The third-order valence-electron chi connectivity index (χ3n) is 7.77. The zero-order chi connectivity index (χ0) is 29.3. The van der Waals surface area contributed by atoms with Crippen molar-refractivity contribution in [2.75, 3.05) is 32.4 Å². The summed E-state index contributed by atoms with van der Waals surface area (Å²) in [5, 5.41) is 6.62. The zero-order valence-electron chi connectivity index (χ0n) is 23.5. The molecule has 0 spiro atoms. The van der Waals surface area contributed by atoms with Gasteiger partial charge in [-0.15, -0.1) is 0 Å². The van der Waals surface area contributed by atoms with E-state index in [1.54, 1.807) is 17.0 Å². The molecule has 3 heterocycles. The lowest BCUT2D eigenvalue weighted by Gasteiger charge is -2.46. The highest BCUT2D eigenvalue weighted by atomic mass is 127. The number of carbonyl (C=O) groups excluding carboxylic acids is 3. The van der Waals surface area contributed by atoms with Crippen molar-refractivity contribution in [3.8, 4) is 0 Å². The molecule has 218 valence electrons. The Bertz CT molecular complexity index is 1430. The van der Waals surface area contributed by atoms with Crippen LogP contribution in [-0.4, -0.2) is 81.5 Å². The average Bonchev–Trinajstić information content (AvgIpc) is 3.52. The standard InChI is InChI=1S/C29H36IN7O3S/c1-4-13-35(29(40)32-3)36-17-25(38)37-22(14-18-9-11-19(12-10-18)21(30)5-2)27(39)34(16-24(36)37)15-20-7-6-8-23-26(20)33-28(31)41-23/h6-12,21-22,24H,4-5,13-17H2,1-3H3,(H2,31,33)(H,32,40)/t21?,22-,24+/m0/s1. The predicted octanol–water partition coefficient (Wildman–Crippen LogP) is 4.15. The third kappa shape index (κ3) is 5.86. The lowest BCUT2D eigenvalue weighted by molar-refractivity contribution is -0.157. The Kier molecular flexibility index (Phi) is 9.00. The summed E-state index contributed by atoms with van der Waals surface area (Å²) in [6.07, 6.45) is 1.69. The Morgan fingerprint density at radius 2 is 1.98 bits per heavy atom. The molecule has 1 unspecified atom stereocenters. The maximum absolute atomic E-state index is 14.2. The minimum Gasteiger partial charge on any atom is -0.375 e. The number of anilines is 1. The van der Waals surface area contributed by atoms with Gasteiger partial charge in [-0.1, -0.05) is 84.2 Å². The molecule has 12 heteroatoms. The van der Waals surface area contributed by atoms with E-state index >= 15 is 0 Å². The molecule has 3 N–H and O–H groups in total. The van der Waals surface area contributed by atoms with E-state index in [2.05, 4.69) is 64.1 Å². The second-order valence-electron chi connectivity index (χ2n) is 10.4. The van der Waals surface area contributed by atoms with Crippen molar-refractivity contribution in [3.05, 3.63) is 59.2 Å². The number of rotatable bonds is 9. The van der Waals surface area contributed by atoms with Crippen molar-refractivity contribution in [2.24, 2.45) is 0 Å². The van der Waals surface area contributed by atoms with Crippen LogP contribution >= 0.6 is 33.9 Å². The average molecular weight is 690 g/mol. The number of urea groups is 1. The molecular weight excluding hydrogens is 653 g/mol. The van der Waals surface area contributed by atoms with E-state index in [-0.39, 0.29) is 30.9 Å². The maximum atomic E-state index is 14.2. The number of nitrogens with one attached hydrogen (secondary N) is 1. The minimum atomic E-state index is -0.688. The first-order chi connectivity index (χ1) is 19.7. The van der Waals surface area contributed by atoms with Gasteiger partial charge in [0, 0.05) is 30.5 Å². The first kappa shape index (κ1) is 29.5. The first-order valence-electron chi connectivity index (χ1n) is 14.0. The number of piperazine rings is 1. The smallest absolute Gasteiger partial charge is 0.331 e. The van der Waals surface area contributed by atoms with Crippen LogP contribution in [0, 0.1) is 0 Å². The van der Waals surface area contributed by atoms with Gasteiger partial charge in [-0.2, -0.15) is 5.01 Å². The van der Waals surface area contributed by atoms with Crippen molar-refractivity contribution >= 4 is 67.1 Å². The summed E-state index contributed by atoms with van der Waals surface area (Å²) < 4.78 is 1.39. The molecule has 41 heavy (non-hydrogen) atoms. The molecule has 0 radical (unpaired) electrons. The number of fused-ring (bicyclic) bond motifs is 2. The van der Waals surface area contributed by atoms with Gasteiger partial charge in [-0.25, -0.2) is 9.78 Å². The molecule has 0 aliphatic carbocycles. The Balaban J connectivity index is 1.50. The fourth-order valence-electron chi connectivity index (χ4n) is 5.76. The summed E-state index contributed by atoms with van der Waals surface area (Å²) in [6, 6.07) is 13.3. The van der Waals surface area contributed by atoms with Crippen LogP contribution in [0.15, 0.2) is 42.5 Å². The van der Waals surface area contributed by atoms with Gasteiger partial charge < -0.3 is 20.9 Å². The largest absolute Gasteiger partial charge is 0.375 e. The Morgan fingerprint density at radius 3 is 2.66 bits per heavy atom. The van der Waals surface area contributed by atoms with Gasteiger partial charge in [-0.3, -0.25) is 14.6 Å². The highest BCUT2D eigenvalue weighted by Gasteiger charge is 2.52. The summed E-state index contributed by atoms with van der Waals surface area (Å²) in [6.45, 7) is 5.27. The fraction of sp³-hybridized carbons (Fsp3) is 0.448. The van der Waals surface area contributed by atoms with Crippen LogP contribution in [0.4, 0.5) is 9.93 Å². The quantitative estimate of drug-likeness (QED) is 0.258. The molecule has 10 nitrogen and oxygen atoms in total. The van der Waals surface area contributed by atoms with Crippen molar-refractivity contribution in [2.45, 2.75) is 55.8 Å². The minimum absolute atomic E-state index is 0.0415. The maximum Gasteiger partial charge on any atom is 0.331 e. The van der Waals surface area contributed by atoms with E-state index in [4.69, 9.17) is 5.73 Å². The number of aromatic nitrogens is 1. The Hall–Kier alpha value is -2.97. The number of alkyl halides is 1. The number of hydrogen-bond acceptors (Lipinski definition) is 7. The van der Waals surface area contributed by atoms with Crippen LogP contribution in [0.2, 0.25) is 0 Å². The third-order valence-corrected chi connectivity index (χ3v) is 10.2. The van der Waals surface area contributed by atoms with E-state index in [1.807, 2.05) is 35.0 Å². The molecule has 0 saturated carbocycles. The molecule has 1 aromatic heterocycles. The summed E-state index contributed by atoms with van der Waals surface area (Å²) in [7, 11) is 1.59. The van der Waals surface area contributed by atoms with Crippen molar-refractivity contribution < 1.29 is 14.4 Å². The summed E-state index contributed by atoms with van der Waals surface area (Å²) >= 11 is 3.86. The lowest BCUT2D eigenvalue weighted by Crippen LogP contribution is -2.66. The number of para-hydroxylation sites is 1. The zero-order valence-corrected chi connectivity index (χ0v) is 26.5. The van der Waals surface area contributed by atoms with Gasteiger partial charge in [0.15, 0.2) is 5.13 Å². The number of thiazole rings is 1. The number of hydrazine groups is 1. The van der Waals surface area contributed by atoms with E-state index in [0.717, 1.165) is 34.2 Å². The van der Waals surface area contributed by atoms with Crippen LogP contribution in [-0.2, 0) is 22.6 Å². The Labute approximate surface area is 258 Å². The highest BCUT2D eigenvalue weighted by molar-refractivity contribution is 14.1. The van der Waals surface area contributed by atoms with Gasteiger partial charge in [0.2, 0.25) is 11.8 Å². The number of carbonyl (C=O) groups is 3. The topological polar surface area (TPSA) is 115 Å². The van der Waals surface area contributed by atoms with Gasteiger partial charge in [-0.05, 0) is 35.6 Å². The van der Waals surface area contributed by atoms with Gasteiger partial charge in [0.25, 0.3) is 0 Å². The molecule has 2 aliphatic heterocycles. The SMILES string of the molecule is CCCN(C(=O)NC)N1CC(=O)N2[C@@H](Cc3ccc(C(I)CC)cc3)C(=O)N(Cc3cccc4sc(N)nc34)C[C@@H]21. The number of benzene rings is 2. The second-order valence-corrected chi connectivity index (χ2v) is 13.0. The normalized spacial score (nSPS) is 20.0. The summed E-state index contributed by atoms with van der Waals surface area (Å²) in [5.74, 6) is -0.259. The molecular formula is C29H36IN7O3S. The van der Waals surface area contributed by atoms with Crippen LogP contribution in [0.3, 0.4) is 0 Å². The lowest BCUT2D eigenvalue weighted by atomic mass is 9.98. The number of halogens is 1. The first-order valence-corrected chi connectivity index (χ1v) is 16.0. The van der Waals surface area contributed by atoms with Crippen molar-refractivity contribution in [1.82, 2.24) is 30.1 Å². The molecule has 3 aromatic rings. The molecule has 2 saturated heterocycles. The fourth-order valence-corrected chi connectivity index (χ4v) is 6.95. The number of nitrogens with two attached hydrogens (primary N) is 1. The van der Waals surface area contributed by atoms with E-state index in [9.17, 15) is 14.4 Å². The van der Waals surface area contributed by atoms with Crippen LogP contribution in [0.25, 0.3) is 10.2 Å². The molecule has 0 bridgehead atoms. The van der Waals surface area contributed by atoms with E-state index < -0.39 is 12.2 Å². The molecule has 2 fully saturated rings. The van der Waals surface area contributed by atoms with Gasteiger partial charge in [0.05, 0.1) is 23.3 Å². The molecule has 2 aliphatic rings. The van der Waals surface area contributed by atoms with Gasteiger partial charge in [0.1, 0.15) is 12.2 Å². The Morgan fingerprint density at radius 1 is 1.22 bits per heavy atom. The molecule has 2 aromatic carbocycles. The number of hydrogen-bond donors (Lipinski definition) is 2. The molecule has 3 atom stereocenters. The summed E-state index contributed by atoms with van der Waals surface area (Å²) in [4.78, 5) is 48.6. The van der Waals surface area contributed by atoms with E-state index in [1.165, 1.54) is 16.9 Å². The summed E-state index contributed by atoms with van der Waals surface area (Å²) in [5.41, 5.74) is 9.93. The monoisotopic (exact) mass is 689 g/mol. The van der Waals surface area contributed by atoms with Crippen LogP contribution in [0.5, 0.6) is 0 Å². The van der Waals surface area contributed by atoms with Crippen molar-refractivity contribution in [1.29, 1.82) is 0 Å². The highest BCUT2D eigenvalue weighted by Crippen LogP contribution is 2.33.